The molecule has 1 N–H and O–H groups in total. The molecule has 0 aromatic heterocycles. The third-order valence-corrected chi connectivity index (χ3v) is 3.32. The molecule has 0 aliphatic carbocycles. The van der Waals surface area contributed by atoms with Crippen LogP contribution in [-0.4, -0.2) is 73.4 Å². The fraction of sp³-hybridized carbons (Fsp3) is 0.923. The van der Waals surface area contributed by atoms with E-state index in [1.807, 2.05) is 13.8 Å². The zero-order valence-corrected chi connectivity index (χ0v) is 11.6. The van der Waals surface area contributed by atoms with Crippen molar-refractivity contribution in [3.8, 4) is 0 Å². The Morgan fingerprint density at radius 2 is 1.94 bits per heavy atom. The second-order valence-corrected chi connectivity index (χ2v) is 4.87. The summed E-state index contributed by atoms with van der Waals surface area (Å²) in [6.45, 7) is 9.94. The van der Waals surface area contributed by atoms with Crippen LogP contribution in [0.1, 0.15) is 20.3 Å². The first kappa shape index (κ1) is 15.4. The maximum absolute atomic E-state index is 11.6. The number of nitrogens with zero attached hydrogens (tertiary/aromatic N) is 2. The van der Waals surface area contributed by atoms with Gasteiger partial charge in [-0.05, 0) is 26.4 Å². The van der Waals surface area contributed by atoms with Crippen LogP contribution in [0.4, 0.5) is 0 Å². The molecule has 1 fully saturated rings. The zero-order valence-electron chi connectivity index (χ0n) is 11.6. The molecule has 106 valence electrons. The second-order valence-electron chi connectivity index (χ2n) is 4.87. The number of aliphatic hydroxyl groups excluding tert-OH is 1. The lowest BCUT2D eigenvalue weighted by atomic mass is 10.1. The molecule has 5 heteroatoms. The summed E-state index contributed by atoms with van der Waals surface area (Å²) in [4.78, 5) is 16.2. The molecule has 0 aromatic rings. The van der Waals surface area contributed by atoms with Crippen molar-refractivity contribution in [1.82, 2.24) is 9.80 Å². The largest absolute Gasteiger partial charge is 0.466 e. The van der Waals surface area contributed by atoms with Crippen molar-refractivity contribution in [3.05, 3.63) is 0 Å². The normalized spacial score (nSPS) is 20.4. The van der Waals surface area contributed by atoms with Crippen molar-refractivity contribution in [3.63, 3.8) is 0 Å². The van der Waals surface area contributed by atoms with Crippen LogP contribution in [-0.2, 0) is 9.53 Å². The molecule has 18 heavy (non-hydrogen) atoms. The summed E-state index contributed by atoms with van der Waals surface area (Å²) in [6.07, 6.45) is 1.09. The predicted octanol–water partition coefficient (Wildman–Crippen LogP) is 0.186. The first-order chi connectivity index (χ1) is 8.67. The lowest BCUT2D eigenvalue weighted by Crippen LogP contribution is -2.36. The molecule has 0 bridgehead atoms. The number of β-amino-alcohol motifs (C(OH)–C–C–N with tert-alkyl or cyclic N) is 1. The highest BCUT2D eigenvalue weighted by Crippen LogP contribution is 2.07. The van der Waals surface area contributed by atoms with Gasteiger partial charge in [0.1, 0.15) is 0 Å². The third kappa shape index (κ3) is 5.33. The van der Waals surface area contributed by atoms with Crippen molar-refractivity contribution in [2.45, 2.75) is 20.3 Å². The minimum absolute atomic E-state index is 0.0608. The average Bonchev–Trinajstić information content (AvgIpc) is 2.56. The summed E-state index contributed by atoms with van der Waals surface area (Å²) >= 11 is 0. The Kier molecular flexibility index (Phi) is 7.23. The van der Waals surface area contributed by atoms with E-state index in [-0.39, 0.29) is 18.5 Å². The SMILES string of the molecule is CCOC(=O)C(C)CN1CCCN(CCO)CC1. The van der Waals surface area contributed by atoms with Gasteiger partial charge in [-0.25, -0.2) is 0 Å². The molecule has 0 aromatic carbocycles. The van der Waals surface area contributed by atoms with Gasteiger partial charge < -0.3 is 14.7 Å². The van der Waals surface area contributed by atoms with E-state index in [0.29, 0.717) is 6.61 Å². The van der Waals surface area contributed by atoms with Crippen LogP contribution in [0.2, 0.25) is 0 Å². The van der Waals surface area contributed by atoms with Gasteiger partial charge in [0.2, 0.25) is 0 Å². The molecule has 5 nitrogen and oxygen atoms in total. The van der Waals surface area contributed by atoms with Gasteiger partial charge in [0.15, 0.2) is 0 Å². The van der Waals surface area contributed by atoms with E-state index >= 15 is 0 Å². The van der Waals surface area contributed by atoms with Crippen LogP contribution in [0.5, 0.6) is 0 Å². The van der Waals surface area contributed by atoms with E-state index in [1.54, 1.807) is 0 Å². The third-order valence-electron chi connectivity index (χ3n) is 3.32. The molecular weight excluding hydrogens is 232 g/mol. The fourth-order valence-corrected chi connectivity index (χ4v) is 2.32. The number of aliphatic hydroxyl groups is 1. The average molecular weight is 258 g/mol. The van der Waals surface area contributed by atoms with E-state index in [9.17, 15) is 4.79 Å². The molecule has 0 saturated carbocycles. The maximum Gasteiger partial charge on any atom is 0.309 e. The van der Waals surface area contributed by atoms with Crippen LogP contribution in [0.25, 0.3) is 0 Å². The summed E-state index contributed by atoms with van der Waals surface area (Å²) in [5.74, 6) is -0.164. The number of rotatable bonds is 6. The monoisotopic (exact) mass is 258 g/mol. The standard InChI is InChI=1S/C13H26N2O3/c1-3-18-13(17)12(2)11-15-6-4-5-14(7-8-15)9-10-16/h12,16H,3-11H2,1-2H3. The smallest absolute Gasteiger partial charge is 0.309 e. The summed E-state index contributed by atoms with van der Waals surface area (Å²) in [6, 6.07) is 0. The number of hydrogen-bond acceptors (Lipinski definition) is 5. The highest BCUT2D eigenvalue weighted by Gasteiger charge is 2.20. The van der Waals surface area contributed by atoms with Gasteiger partial charge in [0.25, 0.3) is 0 Å². The van der Waals surface area contributed by atoms with Crippen LogP contribution in [0, 0.1) is 5.92 Å². The van der Waals surface area contributed by atoms with Crippen molar-refractivity contribution < 1.29 is 14.6 Å². The number of carbonyl (C=O) groups is 1. The van der Waals surface area contributed by atoms with Gasteiger partial charge >= 0.3 is 5.97 Å². The van der Waals surface area contributed by atoms with Crippen LogP contribution in [0.3, 0.4) is 0 Å². The zero-order chi connectivity index (χ0) is 13.4. The molecule has 1 aliphatic rings. The number of esters is 1. The predicted molar refractivity (Wildman–Crippen MR) is 70.4 cm³/mol. The van der Waals surface area contributed by atoms with Crippen molar-refractivity contribution >= 4 is 5.97 Å². The Bertz CT molecular complexity index is 248. The van der Waals surface area contributed by atoms with E-state index in [2.05, 4.69) is 9.80 Å². The minimum atomic E-state index is -0.103. The molecule has 1 rings (SSSR count). The van der Waals surface area contributed by atoms with Crippen LogP contribution in [0.15, 0.2) is 0 Å². The highest BCUT2D eigenvalue weighted by molar-refractivity contribution is 5.72. The van der Waals surface area contributed by atoms with Crippen molar-refractivity contribution in [1.29, 1.82) is 0 Å². The summed E-state index contributed by atoms with van der Waals surface area (Å²) in [7, 11) is 0. The topological polar surface area (TPSA) is 53.0 Å². The Balaban J connectivity index is 2.32. The van der Waals surface area contributed by atoms with E-state index in [4.69, 9.17) is 9.84 Å². The number of ether oxygens (including phenoxy) is 1. The van der Waals surface area contributed by atoms with Gasteiger partial charge in [-0.3, -0.25) is 9.69 Å². The minimum Gasteiger partial charge on any atom is -0.466 e. The van der Waals surface area contributed by atoms with E-state index < -0.39 is 0 Å². The summed E-state index contributed by atoms with van der Waals surface area (Å²) in [5.41, 5.74) is 0. The van der Waals surface area contributed by atoms with Crippen molar-refractivity contribution in [2.75, 3.05) is 52.5 Å². The van der Waals surface area contributed by atoms with Crippen molar-refractivity contribution in [2.24, 2.45) is 5.92 Å². The second kappa shape index (κ2) is 8.45. The summed E-state index contributed by atoms with van der Waals surface area (Å²) < 4.78 is 5.03. The van der Waals surface area contributed by atoms with Crippen LogP contribution >= 0.6 is 0 Å². The molecule has 1 heterocycles. The Morgan fingerprint density at radius 1 is 1.28 bits per heavy atom. The molecule has 1 aliphatic heterocycles. The first-order valence-corrected chi connectivity index (χ1v) is 6.89. The van der Waals surface area contributed by atoms with Crippen LogP contribution < -0.4 is 0 Å². The van der Waals surface area contributed by atoms with E-state index in [0.717, 1.165) is 45.7 Å². The maximum atomic E-state index is 11.6. The first-order valence-electron chi connectivity index (χ1n) is 6.89. The van der Waals surface area contributed by atoms with Gasteiger partial charge in [0, 0.05) is 26.2 Å². The van der Waals surface area contributed by atoms with Gasteiger partial charge in [-0.1, -0.05) is 6.92 Å². The number of hydrogen-bond donors (Lipinski definition) is 1. The molecule has 0 spiro atoms. The molecule has 1 atom stereocenters. The van der Waals surface area contributed by atoms with Gasteiger partial charge in [-0.15, -0.1) is 0 Å². The molecule has 0 amide bonds. The molecule has 1 unspecified atom stereocenters. The lowest BCUT2D eigenvalue weighted by Gasteiger charge is -2.23. The Labute approximate surface area is 110 Å². The van der Waals surface area contributed by atoms with E-state index in [1.165, 1.54) is 0 Å². The Morgan fingerprint density at radius 3 is 2.61 bits per heavy atom. The molecule has 1 saturated heterocycles. The number of carbonyl (C=O) groups excluding carboxylic acids is 1. The summed E-state index contributed by atoms with van der Waals surface area (Å²) in [5, 5.41) is 8.94. The van der Waals surface area contributed by atoms with Gasteiger partial charge in [-0.2, -0.15) is 0 Å². The highest BCUT2D eigenvalue weighted by atomic mass is 16.5. The Hall–Kier alpha value is -0.650. The van der Waals surface area contributed by atoms with Gasteiger partial charge in [0.05, 0.1) is 19.1 Å². The molecule has 0 radical (unpaired) electrons. The quantitative estimate of drug-likeness (QED) is 0.689. The molecular formula is C13H26N2O3. The fourth-order valence-electron chi connectivity index (χ4n) is 2.32. The lowest BCUT2D eigenvalue weighted by molar-refractivity contribution is -0.148.